The Balaban J connectivity index is 1.80. The molecule has 2 aromatic heterocycles. The molecule has 0 fully saturated rings. The SMILES string of the molecule is COc1ccc(-c2nn3cc(C(=O)N[C@@H](c4ccc(F)cc4)C(F)(F)CO)c(C(C)C)c3c(=O)[nH]2)cc1Cl. The average molecular weight is 549 g/mol. The molecule has 12 heteroatoms. The Hall–Kier alpha value is -3.83. The summed E-state index contributed by atoms with van der Waals surface area (Å²) in [5.41, 5.74) is 0.119. The second kappa shape index (κ2) is 10.5. The lowest BCUT2D eigenvalue weighted by Gasteiger charge is -2.27. The van der Waals surface area contributed by atoms with Crippen LogP contribution in [0.5, 0.6) is 5.75 Å². The van der Waals surface area contributed by atoms with Crippen molar-refractivity contribution in [2.75, 3.05) is 13.7 Å². The predicted molar refractivity (Wildman–Crippen MR) is 136 cm³/mol. The third-order valence-electron chi connectivity index (χ3n) is 6.04. The van der Waals surface area contributed by atoms with Crippen LogP contribution in [-0.4, -0.2) is 45.3 Å². The fourth-order valence-corrected chi connectivity index (χ4v) is 4.47. The molecule has 0 saturated carbocycles. The van der Waals surface area contributed by atoms with Crippen LogP contribution in [0.1, 0.15) is 47.3 Å². The number of aromatic amines is 1. The van der Waals surface area contributed by atoms with Crippen molar-refractivity contribution >= 4 is 23.0 Å². The average Bonchev–Trinajstić information content (AvgIpc) is 3.28. The Bertz CT molecular complexity index is 1550. The summed E-state index contributed by atoms with van der Waals surface area (Å²) in [6.07, 6.45) is 1.28. The maximum absolute atomic E-state index is 14.7. The van der Waals surface area contributed by atoms with Gasteiger partial charge in [0.15, 0.2) is 5.82 Å². The number of fused-ring (bicyclic) bond motifs is 1. The summed E-state index contributed by atoms with van der Waals surface area (Å²) in [6.45, 7) is 1.92. The first-order chi connectivity index (χ1) is 18.0. The first kappa shape index (κ1) is 27.2. The highest BCUT2D eigenvalue weighted by molar-refractivity contribution is 6.32. The van der Waals surface area contributed by atoms with Gasteiger partial charge in [0.05, 0.1) is 17.7 Å². The van der Waals surface area contributed by atoms with Gasteiger partial charge in [-0.25, -0.2) is 17.7 Å². The van der Waals surface area contributed by atoms with E-state index in [2.05, 4.69) is 15.4 Å². The minimum absolute atomic E-state index is 0.0521. The number of carbonyl (C=O) groups excluding carboxylic acids is 1. The van der Waals surface area contributed by atoms with Gasteiger partial charge in [-0.15, -0.1) is 5.10 Å². The van der Waals surface area contributed by atoms with Crippen LogP contribution in [0.4, 0.5) is 13.2 Å². The standard InChI is InChI=1S/C26H24ClF3N4O4/c1-13(2)20-17(24(36)31-22(26(29,30)12-35)14-4-7-16(28)8-5-14)11-34-21(20)25(37)32-23(33-34)15-6-9-19(38-3)18(27)10-15/h4-11,13,22,35H,12H2,1-3H3,(H,31,36)(H,32,33,37)/t22-/m0/s1. The van der Waals surface area contributed by atoms with E-state index in [1.54, 1.807) is 32.0 Å². The fourth-order valence-electron chi connectivity index (χ4n) is 4.21. The van der Waals surface area contributed by atoms with Crippen molar-refractivity contribution in [2.45, 2.75) is 31.7 Å². The number of hydrogen-bond donors (Lipinski definition) is 3. The van der Waals surface area contributed by atoms with Gasteiger partial charge in [-0.2, -0.15) is 0 Å². The van der Waals surface area contributed by atoms with Gasteiger partial charge in [-0.05, 0) is 41.8 Å². The zero-order valence-electron chi connectivity index (χ0n) is 20.6. The number of rotatable bonds is 8. The Morgan fingerprint density at radius 2 is 1.92 bits per heavy atom. The zero-order chi connectivity index (χ0) is 27.8. The third kappa shape index (κ3) is 5.11. The summed E-state index contributed by atoms with van der Waals surface area (Å²) in [5, 5.41) is 16.2. The number of ether oxygens (including phenoxy) is 1. The number of amides is 1. The molecule has 200 valence electrons. The predicted octanol–water partition coefficient (Wildman–Crippen LogP) is 4.71. The van der Waals surface area contributed by atoms with Crippen LogP contribution in [0.15, 0.2) is 53.5 Å². The monoisotopic (exact) mass is 548 g/mol. The van der Waals surface area contributed by atoms with Gasteiger partial charge in [0.1, 0.15) is 29.7 Å². The Labute approximate surface area is 220 Å². The lowest BCUT2D eigenvalue weighted by molar-refractivity contribution is -0.0785. The molecule has 4 rings (SSSR count). The van der Waals surface area contributed by atoms with Crippen LogP contribution in [0.25, 0.3) is 16.9 Å². The van der Waals surface area contributed by atoms with E-state index in [9.17, 15) is 27.9 Å². The van der Waals surface area contributed by atoms with Crippen molar-refractivity contribution < 1.29 is 27.8 Å². The van der Waals surface area contributed by atoms with E-state index in [0.717, 1.165) is 24.3 Å². The number of nitrogens with zero attached hydrogens (tertiary/aromatic N) is 2. The van der Waals surface area contributed by atoms with E-state index < -0.39 is 35.9 Å². The number of carbonyl (C=O) groups is 1. The lowest BCUT2D eigenvalue weighted by atomic mass is 9.97. The van der Waals surface area contributed by atoms with E-state index in [1.165, 1.54) is 17.8 Å². The van der Waals surface area contributed by atoms with Gasteiger partial charge >= 0.3 is 0 Å². The number of alkyl halides is 2. The van der Waals surface area contributed by atoms with Gasteiger partial charge in [-0.1, -0.05) is 37.6 Å². The molecule has 0 unspecified atom stereocenters. The van der Waals surface area contributed by atoms with E-state index >= 15 is 0 Å². The number of halogens is 4. The van der Waals surface area contributed by atoms with Gasteiger partial charge in [0, 0.05) is 17.3 Å². The number of aromatic nitrogens is 3. The van der Waals surface area contributed by atoms with Gasteiger partial charge in [0.25, 0.3) is 17.4 Å². The largest absolute Gasteiger partial charge is 0.495 e. The van der Waals surface area contributed by atoms with Crippen LogP contribution in [0.3, 0.4) is 0 Å². The van der Waals surface area contributed by atoms with E-state index in [-0.39, 0.29) is 28.4 Å². The summed E-state index contributed by atoms with van der Waals surface area (Å²) < 4.78 is 49.1. The quantitative estimate of drug-likeness (QED) is 0.295. The van der Waals surface area contributed by atoms with E-state index in [1.807, 2.05) is 0 Å². The minimum Gasteiger partial charge on any atom is -0.495 e. The highest BCUT2D eigenvalue weighted by Crippen LogP contribution is 2.33. The lowest BCUT2D eigenvalue weighted by Crippen LogP contribution is -2.43. The molecular formula is C26H24ClF3N4O4. The molecule has 4 aromatic rings. The molecule has 0 bridgehead atoms. The number of nitrogens with one attached hydrogen (secondary N) is 2. The van der Waals surface area contributed by atoms with Crippen molar-refractivity contribution in [1.82, 2.24) is 19.9 Å². The maximum atomic E-state index is 14.7. The van der Waals surface area contributed by atoms with Gasteiger partial charge in [0.2, 0.25) is 0 Å². The second-order valence-electron chi connectivity index (χ2n) is 8.93. The number of benzene rings is 2. The Morgan fingerprint density at radius 3 is 2.50 bits per heavy atom. The third-order valence-corrected chi connectivity index (χ3v) is 6.34. The van der Waals surface area contributed by atoms with Crippen molar-refractivity contribution in [2.24, 2.45) is 0 Å². The number of aliphatic hydroxyl groups is 1. The van der Waals surface area contributed by atoms with Crippen LogP contribution in [0.2, 0.25) is 5.02 Å². The molecule has 1 amide bonds. The molecule has 0 saturated heterocycles. The van der Waals surface area contributed by atoms with Crippen molar-refractivity contribution in [3.05, 3.63) is 86.5 Å². The Kier molecular flexibility index (Phi) is 7.52. The first-order valence-electron chi connectivity index (χ1n) is 11.5. The number of aliphatic hydroxyl groups excluding tert-OH is 1. The molecular weight excluding hydrogens is 525 g/mol. The number of H-pyrrole nitrogens is 1. The summed E-state index contributed by atoms with van der Waals surface area (Å²) in [4.78, 5) is 29.2. The molecule has 1 atom stereocenters. The normalized spacial score (nSPS) is 12.7. The smallest absolute Gasteiger partial charge is 0.294 e. The van der Waals surface area contributed by atoms with Crippen LogP contribution in [-0.2, 0) is 0 Å². The zero-order valence-corrected chi connectivity index (χ0v) is 21.3. The van der Waals surface area contributed by atoms with E-state index in [4.69, 9.17) is 16.3 Å². The fraction of sp³-hybridized carbons (Fsp3) is 0.269. The minimum atomic E-state index is -3.76. The van der Waals surface area contributed by atoms with Crippen molar-refractivity contribution in [3.63, 3.8) is 0 Å². The molecule has 8 nitrogen and oxygen atoms in total. The summed E-state index contributed by atoms with van der Waals surface area (Å²) in [5.74, 6) is -5.12. The number of methoxy groups -OCH3 is 1. The van der Waals surface area contributed by atoms with E-state index in [0.29, 0.717) is 21.9 Å². The summed E-state index contributed by atoms with van der Waals surface area (Å²) in [6, 6.07) is 6.98. The maximum Gasteiger partial charge on any atom is 0.294 e. The molecule has 0 aliphatic heterocycles. The van der Waals surface area contributed by atoms with Crippen LogP contribution >= 0.6 is 11.6 Å². The highest BCUT2D eigenvalue weighted by atomic mass is 35.5. The molecule has 38 heavy (non-hydrogen) atoms. The molecule has 0 aliphatic carbocycles. The molecule has 3 N–H and O–H groups in total. The molecule has 2 heterocycles. The molecule has 2 aromatic carbocycles. The topological polar surface area (TPSA) is 109 Å². The molecule has 0 spiro atoms. The van der Waals surface area contributed by atoms with Gasteiger partial charge in [-0.3, -0.25) is 9.59 Å². The van der Waals surface area contributed by atoms with Crippen LogP contribution in [0, 0.1) is 5.82 Å². The second-order valence-corrected chi connectivity index (χ2v) is 9.34. The number of hydrogen-bond acceptors (Lipinski definition) is 5. The van der Waals surface area contributed by atoms with Crippen molar-refractivity contribution in [1.29, 1.82) is 0 Å². The molecule has 0 radical (unpaired) electrons. The highest BCUT2D eigenvalue weighted by Gasteiger charge is 2.41. The Morgan fingerprint density at radius 1 is 1.24 bits per heavy atom. The molecule has 0 aliphatic rings. The summed E-state index contributed by atoms with van der Waals surface area (Å²) >= 11 is 6.20. The van der Waals surface area contributed by atoms with Crippen LogP contribution < -0.4 is 15.6 Å². The summed E-state index contributed by atoms with van der Waals surface area (Å²) in [7, 11) is 1.46. The van der Waals surface area contributed by atoms with Crippen molar-refractivity contribution in [3.8, 4) is 17.1 Å². The van der Waals surface area contributed by atoms with Gasteiger partial charge < -0.3 is 20.1 Å². The first-order valence-corrected chi connectivity index (χ1v) is 11.9.